The molecule has 0 amide bonds. The topological polar surface area (TPSA) is 82.1 Å². The van der Waals surface area contributed by atoms with E-state index in [9.17, 15) is 14.7 Å². The van der Waals surface area contributed by atoms with Crippen LogP contribution in [0.5, 0.6) is 5.75 Å². The van der Waals surface area contributed by atoms with E-state index in [0.29, 0.717) is 10.8 Å². The summed E-state index contributed by atoms with van der Waals surface area (Å²) in [4.78, 5) is 22.9. The molecule has 0 bridgehead atoms. The van der Waals surface area contributed by atoms with Gasteiger partial charge in [-0.1, -0.05) is 18.2 Å². The number of rotatable bonds is 9. The summed E-state index contributed by atoms with van der Waals surface area (Å²) in [5, 5.41) is 10.7. The van der Waals surface area contributed by atoms with Crippen molar-refractivity contribution in [3.8, 4) is 5.75 Å². The second-order valence-corrected chi connectivity index (χ2v) is 5.23. The number of hydrogen-bond acceptors (Lipinski definition) is 6. The van der Waals surface area contributed by atoms with Crippen LogP contribution >= 0.6 is 11.6 Å². The number of esters is 2. The maximum Gasteiger partial charge on any atom is 0.336 e. The molecule has 1 N–H and O–H groups in total. The highest BCUT2D eigenvalue weighted by Crippen LogP contribution is 2.32. The Labute approximate surface area is 151 Å². The van der Waals surface area contributed by atoms with Gasteiger partial charge in [0.25, 0.3) is 0 Å². The van der Waals surface area contributed by atoms with E-state index in [1.807, 2.05) is 0 Å². The van der Waals surface area contributed by atoms with Crippen LogP contribution in [0.1, 0.15) is 25.5 Å². The Hall–Kier alpha value is -2.31. The summed E-state index contributed by atoms with van der Waals surface area (Å²) in [6.45, 7) is 7.44. The van der Waals surface area contributed by atoms with Gasteiger partial charge < -0.3 is 19.3 Å². The van der Waals surface area contributed by atoms with Crippen LogP contribution in [0.15, 0.2) is 42.5 Å². The average Bonchev–Trinajstić information content (AvgIpc) is 2.58. The van der Waals surface area contributed by atoms with Crippen LogP contribution < -0.4 is 4.74 Å². The van der Waals surface area contributed by atoms with E-state index >= 15 is 0 Å². The van der Waals surface area contributed by atoms with Gasteiger partial charge in [-0.25, -0.2) is 9.59 Å². The molecule has 25 heavy (non-hydrogen) atoms. The normalized spacial score (nSPS) is 11.8. The van der Waals surface area contributed by atoms with E-state index < -0.39 is 18.0 Å². The maximum absolute atomic E-state index is 11.7. The van der Waals surface area contributed by atoms with Gasteiger partial charge in [-0.05, 0) is 38.1 Å². The number of benzene rings is 1. The molecule has 0 aromatic heterocycles. The van der Waals surface area contributed by atoms with Crippen molar-refractivity contribution >= 4 is 23.5 Å². The summed E-state index contributed by atoms with van der Waals surface area (Å²) in [6.07, 6.45) is 1.39. The first-order chi connectivity index (χ1) is 11.9. The van der Waals surface area contributed by atoms with E-state index in [1.54, 1.807) is 26.0 Å². The Balaban J connectivity index is 2.86. The third-order valence-corrected chi connectivity index (χ3v) is 3.24. The van der Waals surface area contributed by atoms with Gasteiger partial charge in [0, 0.05) is 16.7 Å². The second kappa shape index (κ2) is 10.5. The minimum absolute atomic E-state index is 0.0616. The lowest BCUT2D eigenvalue weighted by Crippen LogP contribution is -2.14. The van der Waals surface area contributed by atoms with Crippen molar-refractivity contribution in [2.24, 2.45) is 0 Å². The van der Waals surface area contributed by atoms with Crippen molar-refractivity contribution < 1.29 is 28.9 Å². The second-order valence-electron chi connectivity index (χ2n) is 4.80. The molecular formula is C18H21ClO6. The lowest BCUT2D eigenvalue weighted by atomic mass is 10.0. The van der Waals surface area contributed by atoms with Crippen molar-refractivity contribution in [1.82, 2.24) is 0 Å². The molecule has 1 unspecified atom stereocenters. The summed E-state index contributed by atoms with van der Waals surface area (Å²) in [5.74, 6) is -0.878. The van der Waals surface area contributed by atoms with E-state index in [-0.39, 0.29) is 31.0 Å². The molecule has 1 aromatic carbocycles. The maximum atomic E-state index is 11.7. The minimum atomic E-state index is -1.33. The summed E-state index contributed by atoms with van der Waals surface area (Å²) >= 11 is 5.96. The van der Waals surface area contributed by atoms with E-state index in [2.05, 4.69) is 6.58 Å². The fourth-order valence-electron chi connectivity index (χ4n) is 1.86. The third-order valence-electron chi connectivity index (χ3n) is 3.01. The van der Waals surface area contributed by atoms with E-state index in [1.165, 1.54) is 18.2 Å². The van der Waals surface area contributed by atoms with Gasteiger partial charge in [0.2, 0.25) is 0 Å². The Bertz CT molecular complexity index is 653. The fraction of sp³-hybridized carbons (Fsp3) is 0.333. The van der Waals surface area contributed by atoms with Crippen molar-refractivity contribution in [3.05, 3.63) is 53.1 Å². The highest BCUT2D eigenvalue weighted by molar-refractivity contribution is 6.30. The van der Waals surface area contributed by atoms with Gasteiger partial charge in [-0.15, -0.1) is 0 Å². The molecule has 7 heteroatoms. The summed E-state index contributed by atoms with van der Waals surface area (Å²) in [5.41, 5.74) is 0.145. The Morgan fingerprint density at radius 2 is 1.96 bits per heavy atom. The smallest absolute Gasteiger partial charge is 0.336 e. The molecule has 0 radical (unpaired) electrons. The van der Waals surface area contributed by atoms with Crippen LogP contribution in [0.4, 0.5) is 0 Å². The number of hydrogen-bond donors (Lipinski definition) is 1. The highest BCUT2D eigenvalue weighted by atomic mass is 35.5. The average molecular weight is 369 g/mol. The molecule has 0 fully saturated rings. The SMILES string of the molecule is C=C(C(=O)OCC)C(O)c1cc(Cl)ccc1OC/C=C/C(=O)OCC. The predicted octanol–water partition coefficient (Wildman–Crippen LogP) is 2.99. The molecule has 0 aliphatic rings. The Morgan fingerprint density at radius 3 is 2.60 bits per heavy atom. The molecule has 0 saturated carbocycles. The zero-order chi connectivity index (χ0) is 18.8. The van der Waals surface area contributed by atoms with Crippen LogP contribution in [0, 0.1) is 0 Å². The minimum Gasteiger partial charge on any atom is -0.489 e. The standard InChI is InChI=1S/C18H21ClO6/c1-4-23-16(20)7-6-10-25-15-9-8-13(19)11-14(15)17(21)12(3)18(22)24-5-2/h6-9,11,17,21H,3-5,10H2,1-2H3/b7-6+. The van der Waals surface area contributed by atoms with E-state index in [0.717, 1.165) is 0 Å². The zero-order valence-electron chi connectivity index (χ0n) is 14.2. The lowest BCUT2D eigenvalue weighted by Gasteiger charge is -2.17. The first-order valence-electron chi connectivity index (χ1n) is 7.70. The Morgan fingerprint density at radius 1 is 1.28 bits per heavy atom. The molecule has 0 heterocycles. The largest absolute Gasteiger partial charge is 0.489 e. The van der Waals surface area contributed by atoms with Gasteiger partial charge >= 0.3 is 11.9 Å². The van der Waals surface area contributed by atoms with Crippen LogP contribution in [0.3, 0.4) is 0 Å². The van der Waals surface area contributed by atoms with E-state index in [4.69, 9.17) is 25.8 Å². The first-order valence-corrected chi connectivity index (χ1v) is 8.08. The lowest BCUT2D eigenvalue weighted by molar-refractivity contribution is -0.140. The molecule has 1 atom stereocenters. The fourth-order valence-corrected chi connectivity index (χ4v) is 2.04. The number of aliphatic hydroxyl groups is 1. The quantitative estimate of drug-likeness (QED) is 0.533. The van der Waals surface area contributed by atoms with Crippen molar-refractivity contribution in [2.75, 3.05) is 19.8 Å². The molecule has 0 aliphatic carbocycles. The zero-order valence-corrected chi connectivity index (χ0v) is 14.9. The van der Waals surface area contributed by atoms with Gasteiger partial charge in [0.15, 0.2) is 0 Å². The van der Waals surface area contributed by atoms with Crippen LogP contribution in [-0.2, 0) is 19.1 Å². The molecule has 0 saturated heterocycles. The first kappa shape index (κ1) is 20.7. The number of aliphatic hydroxyl groups excluding tert-OH is 1. The van der Waals surface area contributed by atoms with Gasteiger partial charge in [0.05, 0.1) is 18.8 Å². The van der Waals surface area contributed by atoms with Crippen LogP contribution in [0.25, 0.3) is 0 Å². The summed E-state index contributed by atoms with van der Waals surface area (Å²) < 4.78 is 15.1. The molecule has 0 aliphatic heterocycles. The molecular weight excluding hydrogens is 348 g/mol. The highest BCUT2D eigenvalue weighted by Gasteiger charge is 2.23. The Kier molecular flexibility index (Phi) is 8.74. The number of carbonyl (C=O) groups excluding carboxylic acids is 2. The van der Waals surface area contributed by atoms with Gasteiger partial charge in [-0.3, -0.25) is 0 Å². The predicted molar refractivity (Wildman–Crippen MR) is 93.5 cm³/mol. The molecule has 6 nitrogen and oxygen atoms in total. The van der Waals surface area contributed by atoms with Gasteiger partial charge in [0.1, 0.15) is 18.5 Å². The number of ether oxygens (including phenoxy) is 3. The van der Waals surface area contributed by atoms with Crippen molar-refractivity contribution in [3.63, 3.8) is 0 Å². The third kappa shape index (κ3) is 6.60. The van der Waals surface area contributed by atoms with Gasteiger partial charge in [-0.2, -0.15) is 0 Å². The number of halogens is 1. The molecule has 0 spiro atoms. The summed E-state index contributed by atoms with van der Waals surface area (Å²) in [6, 6.07) is 4.61. The van der Waals surface area contributed by atoms with Crippen molar-refractivity contribution in [2.45, 2.75) is 20.0 Å². The molecule has 1 aromatic rings. The monoisotopic (exact) mass is 368 g/mol. The molecule has 1 rings (SSSR count). The van der Waals surface area contributed by atoms with Crippen molar-refractivity contribution in [1.29, 1.82) is 0 Å². The molecule has 136 valence electrons. The summed E-state index contributed by atoms with van der Waals surface area (Å²) in [7, 11) is 0. The number of carbonyl (C=O) groups is 2. The van der Waals surface area contributed by atoms with Crippen LogP contribution in [-0.4, -0.2) is 36.9 Å². The van der Waals surface area contributed by atoms with Crippen LogP contribution in [0.2, 0.25) is 5.02 Å².